The van der Waals surface area contributed by atoms with Gasteiger partial charge in [0, 0.05) is 38.4 Å². The van der Waals surface area contributed by atoms with Gasteiger partial charge in [-0.3, -0.25) is 0 Å². The van der Waals surface area contributed by atoms with Crippen LogP contribution in [0.25, 0.3) is 0 Å². The van der Waals surface area contributed by atoms with Gasteiger partial charge in [0.05, 0.1) is 11.4 Å². The van der Waals surface area contributed by atoms with E-state index in [1.54, 1.807) is 43.3 Å². The van der Waals surface area contributed by atoms with E-state index in [4.69, 9.17) is 5.73 Å². The molecule has 2 aromatic carbocycles. The van der Waals surface area contributed by atoms with Gasteiger partial charge in [-0.15, -0.1) is 0 Å². The molecule has 0 spiro atoms. The van der Waals surface area contributed by atoms with Crippen LogP contribution in [0.1, 0.15) is 12.5 Å². The van der Waals surface area contributed by atoms with Gasteiger partial charge in [-0.25, -0.2) is 22.5 Å². The van der Waals surface area contributed by atoms with Crippen molar-refractivity contribution in [1.29, 1.82) is 0 Å². The van der Waals surface area contributed by atoms with Gasteiger partial charge in [0.1, 0.15) is 5.82 Å². The van der Waals surface area contributed by atoms with Crippen molar-refractivity contribution in [3.05, 3.63) is 59.9 Å². The van der Waals surface area contributed by atoms with Crippen LogP contribution >= 0.6 is 0 Å². The Balaban J connectivity index is 1.55. The first-order valence-electron chi connectivity index (χ1n) is 9.53. The molecular weight excluding hydrogens is 393 g/mol. The predicted molar refractivity (Wildman–Crippen MR) is 113 cm³/mol. The summed E-state index contributed by atoms with van der Waals surface area (Å²) in [7, 11) is -3.45. The number of rotatable bonds is 6. The maximum atomic E-state index is 13.1. The molecule has 0 amide bonds. The summed E-state index contributed by atoms with van der Waals surface area (Å²) in [6.07, 6.45) is 0. The van der Waals surface area contributed by atoms with E-state index < -0.39 is 10.0 Å². The van der Waals surface area contributed by atoms with E-state index in [-0.39, 0.29) is 10.7 Å². The third kappa shape index (κ3) is 5.45. The number of benzene rings is 2. The minimum Gasteiger partial charge on any atom is -0.370 e. The number of halogens is 1. The highest BCUT2D eigenvalue weighted by Gasteiger charge is 2.18. The van der Waals surface area contributed by atoms with Gasteiger partial charge in [-0.1, -0.05) is 19.1 Å². The lowest BCUT2D eigenvalue weighted by atomic mass is 10.2. The van der Waals surface area contributed by atoms with Crippen LogP contribution in [-0.4, -0.2) is 52.0 Å². The first-order chi connectivity index (χ1) is 13.9. The van der Waals surface area contributed by atoms with Crippen LogP contribution in [0.5, 0.6) is 0 Å². The zero-order valence-corrected chi connectivity index (χ0v) is 17.2. The monoisotopic (exact) mass is 419 g/mol. The van der Waals surface area contributed by atoms with Gasteiger partial charge in [0.25, 0.3) is 0 Å². The van der Waals surface area contributed by atoms with Gasteiger partial charge in [0.15, 0.2) is 5.96 Å². The smallest absolute Gasteiger partial charge is 0.240 e. The van der Waals surface area contributed by atoms with Crippen molar-refractivity contribution in [3.63, 3.8) is 0 Å². The molecule has 3 N–H and O–H groups in total. The molecule has 0 unspecified atom stereocenters. The third-order valence-electron chi connectivity index (χ3n) is 4.79. The first kappa shape index (κ1) is 21.1. The van der Waals surface area contributed by atoms with Crippen molar-refractivity contribution < 1.29 is 12.8 Å². The molecule has 0 bridgehead atoms. The fraction of sp³-hybridized carbons (Fsp3) is 0.350. The summed E-state index contributed by atoms with van der Waals surface area (Å²) in [5.41, 5.74) is 8.02. The molecular formula is C20H26FN5O2S. The van der Waals surface area contributed by atoms with E-state index in [1.165, 1.54) is 12.1 Å². The summed E-state index contributed by atoms with van der Waals surface area (Å²) in [5, 5.41) is 0. The van der Waals surface area contributed by atoms with E-state index in [0.717, 1.165) is 37.4 Å². The van der Waals surface area contributed by atoms with Crippen LogP contribution < -0.4 is 15.4 Å². The second kappa shape index (κ2) is 9.23. The lowest BCUT2D eigenvalue weighted by Crippen LogP contribution is -2.51. The summed E-state index contributed by atoms with van der Waals surface area (Å²) in [6, 6.07) is 13.1. The molecule has 1 saturated heterocycles. The molecule has 0 aliphatic carbocycles. The Labute approximate surface area is 171 Å². The van der Waals surface area contributed by atoms with Crippen molar-refractivity contribution >= 4 is 21.7 Å². The lowest BCUT2D eigenvalue weighted by Gasteiger charge is -2.36. The number of anilines is 1. The zero-order valence-electron chi connectivity index (χ0n) is 16.4. The molecule has 0 atom stereocenters. The van der Waals surface area contributed by atoms with Crippen LogP contribution in [-0.2, 0) is 16.6 Å². The predicted octanol–water partition coefficient (Wildman–Crippen LogP) is 1.76. The maximum absolute atomic E-state index is 13.1. The van der Waals surface area contributed by atoms with Gasteiger partial charge >= 0.3 is 0 Å². The number of hydrogen-bond donors (Lipinski definition) is 2. The SMILES string of the molecule is CCNS(=O)(=O)c1ccc(CN=C(N)N2CCN(c3ccc(F)cc3)CC2)cc1. The Morgan fingerprint density at radius 2 is 1.69 bits per heavy atom. The maximum Gasteiger partial charge on any atom is 0.240 e. The number of hydrogen-bond acceptors (Lipinski definition) is 4. The van der Waals surface area contributed by atoms with Gasteiger partial charge in [-0.05, 0) is 42.0 Å². The number of sulfonamides is 1. The molecule has 7 nitrogen and oxygen atoms in total. The van der Waals surface area contributed by atoms with E-state index in [9.17, 15) is 12.8 Å². The van der Waals surface area contributed by atoms with Crippen LogP contribution in [0.4, 0.5) is 10.1 Å². The van der Waals surface area contributed by atoms with Crippen LogP contribution in [0.15, 0.2) is 58.4 Å². The number of nitrogens with one attached hydrogen (secondary N) is 1. The average molecular weight is 420 g/mol. The van der Waals surface area contributed by atoms with E-state index >= 15 is 0 Å². The minimum absolute atomic E-state index is 0.233. The summed E-state index contributed by atoms with van der Waals surface area (Å²) >= 11 is 0. The Morgan fingerprint density at radius 3 is 2.28 bits per heavy atom. The number of nitrogens with two attached hydrogens (primary N) is 1. The van der Waals surface area contributed by atoms with Gasteiger partial charge in [0.2, 0.25) is 10.0 Å². The Bertz CT molecular complexity index is 938. The van der Waals surface area contributed by atoms with Gasteiger partial charge in [-0.2, -0.15) is 0 Å². The fourth-order valence-electron chi connectivity index (χ4n) is 3.17. The van der Waals surface area contributed by atoms with E-state index in [0.29, 0.717) is 19.0 Å². The molecule has 1 aliphatic rings. The second-order valence-electron chi connectivity index (χ2n) is 6.77. The first-order valence-corrected chi connectivity index (χ1v) is 11.0. The average Bonchev–Trinajstić information content (AvgIpc) is 2.73. The van der Waals surface area contributed by atoms with E-state index in [2.05, 4.69) is 14.6 Å². The van der Waals surface area contributed by atoms with Crippen LogP contribution in [0.2, 0.25) is 0 Å². The Kier molecular flexibility index (Phi) is 6.71. The van der Waals surface area contributed by atoms with Crippen LogP contribution in [0, 0.1) is 5.82 Å². The molecule has 0 aromatic heterocycles. The number of nitrogens with zero attached hydrogens (tertiary/aromatic N) is 3. The molecule has 1 fully saturated rings. The largest absolute Gasteiger partial charge is 0.370 e. The topological polar surface area (TPSA) is 91.0 Å². The Hall–Kier alpha value is -2.65. The van der Waals surface area contributed by atoms with Gasteiger partial charge < -0.3 is 15.5 Å². The number of guanidine groups is 1. The molecule has 0 saturated carbocycles. The van der Waals surface area contributed by atoms with Crippen molar-refractivity contribution in [3.8, 4) is 0 Å². The van der Waals surface area contributed by atoms with Crippen molar-refractivity contribution in [2.45, 2.75) is 18.4 Å². The minimum atomic E-state index is -3.45. The molecule has 0 radical (unpaired) electrons. The summed E-state index contributed by atoms with van der Waals surface area (Å²) in [4.78, 5) is 8.88. The zero-order chi connectivity index (χ0) is 20.9. The third-order valence-corrected chi connectivity index (χ3v) is 6.35. The van der Waals surface area contributed by atoms with E-state index in [1.807, 2.05) is 4.90 Å². The molecule has 29 heavy (non-hydrogen) atoms. The highest BCUT2D eigenvalue weighted by Crippen LogP contribution is 2.17. The van der Waals surface area contributed by atoms with Crippen molar-refractivity contribution in [1.82, 2.24) is 9.62 Å². The van der Waals surface area contributed by atoms with Crippen molar-refractivity contribution in [2.75, 3.05) is 37.6 Å². The molecule has 1 aliphatic heterocycles. The molecule has 156 valence electrons. The summed E-state index contributed by atoms with van der Waals surface area (Å²) in [6.45, 7) is 5.48. The normalized spacial score (nSPS) is 15.6. The molecule has 9 heteroatoms. The lowest BCUT2D eigenvalue weighted by molar-refractivity contribution is 0.380. The molecule has 3 rings (SSSR count). The summed E-state index contributed by atoms with van der Waals surface area (Å²) in [5.74, 6) is 0.226. The second-order valence-corrected chi connectivity index (χ2v) is 8.54. The number of piperazine rings is 1. The summed E-state index contributed by atoms with van der Waals surface area (Å²) < 4.78 is 39.5. The molecule has 1 heterocycles. The molecule has 2 aromatic rings. The van der Waals surface area contributed by atoms with Crippen molar-refractivity contribution in [2.24, 2.45) is 10.7 Å². The fourth-order valence-corrected chi connectivity index (χ4v) is 4.21. The van der Waals surface area contributed by atoms with Crippen LogP contribution in [0.3, 0.4) is 0 Å². The quantitative estimate of drug-likeness (QED) is 0.550. The Morgan fingerprint density at radius 1 is 1.07 bits per heavy atom. The standard InChI is InChI=1S/C20H26FN5O2S/c1-2-24-29(27,28)19-9-3-16(4-10-19)15-23-20(22)26-13-11-25(12-14-26)18-7-5-17(21)6-8-18/h3-10,24H,2,11-15H2,1H3,(H2,22,23). The number of aliphatic imine (C=N–C) groups is 1. The highest BCUT2D eigenvalue weighted by molar-refractivity contribution is 7.89. The highest BCUT2D eigenvalue weighted by atomic mass is 32.2.